The van der Waals surface area contributed by atoms with Gasteiger partial charge in [-0.25, -0.2) is 8.42 Å². The van der Waals surface area contributed by atoms with Crippen molar-refractivity contribution in [2.45, 2.75) is 37.1 Å². The number of hydrogen-bond acceptors (Lipinski definition) is 3. The van der Waals surface area contributed by atoms with Gasteiger partial charge in [0, 0.05) is 12.5 Å². The molecule has 0 N–H and O–H groups in total. The van der Waals surface area contributed by atoms with Crippen molar-refractivity contribution in [3.8, 4) is 6.07 Å². The number of nitrogens with zero attached hydrogens (tertiary/aromatic N) is 2. The van der Waals surface area contributed by atoms with E-state index in [0.717, 1.165) is 35.7 Å². The molecule has 134 valence electrons. The molecular formula is C17H17F3N2O2S. The Balaban J connectivity index is 1.81. The van der Waals surface area contributed by atoms with Crippen molar-refractivity contribution in [1.82, 2.24) is 0 Å². The summed E-state index contributed by atoms with van der Waals surface area (Å²) < 4.78 is 66.3. The van der Waals surface area contributed by atoms with Crippen LogP contribution in [0.2, 0.25) is 0 Å². The molecule has 0 radical (unpaired) electrons. The van der Waals surface area contributed by atoms with Crippen LogP contribution in [0.15, 0.2) is 18.2 Å². The third kappa shape index (κ3) is 2.02. The van der Waals surface area contributed by atoms with Gasteiger partial charge in [0.2, 0.25) is 10.0 Å². The molecule has 2 bridgehead atoms. The Morgan fingerprint density at radius 1 is 1.32 bits per heavy atom. The first kappa shape index (κ1) is 16.7. The quantitative estimate of drug-likeness (QED) is 0.760. The summed E-state index contributed by atoms with van der Waals surface area (Å²) in [6, 6.07) is 4.68. The van der Waals surface area contributed by atoms with Crippen molar-refractivity contribution in [2.75, 3.05) is 10.8 Å². The minimum Gasteiger partial charge on any atom is -0.269 e. The molecule has 4 rings (SSSR count). The van der Waals surface area contributed by atoms with Gasteiger partial charge in [0.1, 0.15) is 0 Å². The Morgan fingerprint density at radius 2 is 2.04 bits per heavy atom. The number of nitriles is 1. The lowest BCUT2D eigenvalue weighted by Gasteiger charge is -2.33. The third-order valence-electron chi connectivity index (χ3n) is 6.51. The van der Waals surface area contributed by atoms with Crippen LogP contribution in [0.25, 0.3) is 0 Å². The molecular weight excluding hydrogens is 353 g/mol. The summed E-state index contributed by atoms with van der Waals surface area (Å²) in [7, 11) is -3.75. The molecule has 0 spiro atoms. The molecule has 1 aliphatic heterocycles. The smallest absolute Gasteiger partial charge is 0.269 e. The number of benzene rings is 1. The highest BCUT2D eigenvalue weighted by Crippen LogP contribution is 2.62. The summed E-state index contributed by atoms with van der Waals surface area (Å²) >= 11 is 0. The van der Waals surface area contributed by atoms with Gasteiger partial charge in [0.15, 0.2) is 0 Å². The molecule has 25 heavy (non-hydrogen) atoms. The van der Waals surface area contributed by atoms with Crippen LogP contribution in [0.3, 0.4) is 0 Å². The van der Waals surface area contributed by atoms with Crippen LogP contribution in [0.5, 0.6) is 0 Å². The predicted octanol–water partition coefficient (Wildman–Crippen LogP) is 3.53. The SMILES string of the molecule is C[C@]12[C@H]3CC[C@H](C3)[C@@H]1CN(c1ccc(C#N)c(C(F)(F)F)c1)S2(=O)=O. The van der Waals surface area contributed by atoms with Gasteiger partial charge in [-0.3, -0.25) is 4.31 Å². The van der Waals surface area contributed by atoms with Gasteiger partial charge < -0.3 is 0 Å². The van der Waals surface area contributed by atoms with Gasteiger partial charge in [-0.05, 0) is 56.2 Å². The Hall–Kier alpha value is -1.75. The molecule has 4 atom stereocenters. The maximum absolute atomic E-state index is 13.2. The van der Waals surface area contributed by atoms with Crippen molar-refractivity contribution in [3.63, 3.8) is 0 Å². The fourth-order valence-electron chi connectivity index (χ4n) is 5.18. The summed E-state index contributed by atoms with van der Waals surface area (Å²) in [5.74, 6) is 0.370. The standard InChI is InChI=1S/C17H17F3N2O2S/c1-16-12-4-2-10(6-12)15(16)9-22(25(16,23)24)13-5-3-11(8-21)14(7-13)17(18,19)20/h3,5,7,10,12,15H,2,4,6,9H2,1H3/t10-,12+,15+,16+/m1/s1. The highest BCUT2D eigenvalue weighted by molar-refractivity contribution is 7.94. The Bertz CT molecular complexity index is 890. The molecule has 1 aromatic rings. The van der Waals surface area contributed by atoms with Crippen LogP contribution in [-0.2, 0) is 16.2 Å². The number of anilines is 1. The first-order chi connectivity index (χ1) is 11.6. The van der Waals surface area contributed by atoms with E-state index in [4.69, 9.17) is 5.26 Å². The van der Waals surface area contributed by atoms with Gasteiger partial charge in [0.05, 0.1) is 27.6 Å². The minimum absolute atomic E-state index is 0.00125. The second kappa shape index (κ2) is 4.91. The van der Waals surface area contributed by atoms with E-state index in [9.17, 15) is 21.6 Å². The van der Waals surface area contributed by atoms with E-state index < -0.39 is 32.1 Å². The zero-order valence-corrected chi connectivity index (χ0v) is 14.4. The second-order valence-corrected chi connectivity index (χ2v) is 9.71. The lowest BCUT2D eigenvalue weighted by Crippen LogP contribution is -2.44. The minimum atomic E-state index is -4.70. The zero-order chi connectivity index (χ0) is 18.2. The maximum Gasteiger partial charge on any atom is 0.417 e. The fraction of sp³-hybridized carbons (Fsp3) is 0.588. The van der Waals surface area contributed by atoms with E-state index in [2.05, 4.69) is 0 Å². The number of rotatable bonds is 1. The Labute approximate surface area is 144 Å². The van der Waals surface area contributed by atoms with Crippen molar-refractivity contribution < 1.29 is 21.6 Å². The number of hydrogen-bond donors (Lipinski definition) is 0. The second-order valence-electron chi connectivity index (χ2n) is 7.44. The highest BCUT2D eigenvalue weighted by atomic mass is 32.2. The Kier molecular flexibility index (Phi) is 3.28. The average Bonchev–Trinajstić information content (AvgIpc) is 3.17. The van der Waals surface area contributed by atoms with Crippen LogP contribution in [0, 0.1) is 29.1 Å². The molecule has 1 aromatic carbocycles. The topological polar surface area (TPSA) is 61.2 Å². The predicted molar refractivity (Wildman–Crippen MR) is 85.2 cm³/mol. The molecule has 8 heteroatoms. The van der Waals surface area contributed by atoms with E-state index in [-0.39, 0.29) is 24.1 Å². The van der Waals surface area contributed by atoms with Crippen LogP contribution >= 0.6 is 0 Å². The molecule has 0 aromatic heterocycles. The fourth-order valence-corrected chi connectivity index (χ4v) is 7.69. The van der Waals surface area contributed by atoms with Gasteiger partial charge in [-0.2, -0.15) is 18.4 Å². The average molecular weight is 370 g/mol. The van der Waals surface area contributed by atoms with Crippen LogP contribution in [0.1, 0.15) is 37.3 Å². The van der Waals surface area contributed by atoms with Gasteiger partial charge in [0.25, 0.3) is 0 Å². The molecule has 4 nitrogen and oxygen atoms in total. The monoisotopic (exact) mass is 370 g/mol. The number of halogens is 3. The van der Waals surface area contributed by atoms with E-state index in [1.165, 1.54) is 12.1 Å². The van der Waals surface area contributed by atoms with Gasteiger partial charge >= 0.3 is 6.18 Å². The van der Waals surface area contributed by atoms with Crippen molar-refractivity contribution in [1.29, 1.82) is 5.26 Å². The lowest BCUT2D eigenvalue weighted by molar-refractivity contribution is -0.137. The molecule has 1 saturated heterocycles. The van der Waals surface area contributed by atoms with Crippen LogP contribution < -0.4 is 4.31 Å². The number of fused-ring (bicyclic) bond motifs is 5. The van der Waals surface area contributed by atoms with E-state index >= 15 is 0 Å². The van der Waals surface area contributed by atoms with Crippen LogP contribution in [-0.4, -0.2) is 19.7 Å². The first-order valence-electron chi connectivity index (χ1n) is 8.24. The molecule has 2 saturated carbocycles. The third-order valence-corrected chi connectivity index (χ3v) is 9.20. The van der Waals surface area contributed by atoms with Crippen molar-refractivity contribution in [2.24, 2.45) is 17.8 Å². The highest BCUT2D eigenvalue weighted by Gasteiger charge is 2.68. The van der Waals surface area contributed by atoms with Crippen molar-refractivity contribution in [3.05, 3.63) is 29.3 Å². The maximum atomic E-state index is 13.2. The first-order valence-corrected chi connectivity index (χ1v) is 9.68. The lowest BCUT2D eigenvalue weighted by atomic mass is 9.79. The number of sulfonamides is 1. The molecule has 3 aliphatic rings. The Morgan fingerprint density at radius 3 is 2.64 bits per heavy atom. The summed E-state index contributed by atoms with van der Waals surface area (Å²) in [5.41, 5.74) is -1.59. The molecule has 2 aliphatic carbocycles. The van der Waals surface area contributed by atoms with Gasteiger partial charge in [-0.1, -0.05) is 0 Å². The molecule has 1 heterocycles. The summed E-state index contributed by atoms with van der Waals surface area (Å²) in [5, 5.41) is 8.91. The molecule has 0 unspecified atom stereocenters. The van der Waals surface area contributed by atoms with E-state index in [0.29, 0.717) is 5.92 Å². The summed E-state index contributed by atoms with van der Waals surface area (Å²) in [6.45, 7) is 1.98. The molecule has 3 fully saturated rings. The van der Waals surface area contributed by atoms with E-state index in [1.54, 1.807) is 6.92 Å². The summed E-state index contributed by atoms with van der Waals surface area (Å²) in [4.78, 5) is 0. The molecule has 0 amide bonds. The van der Waals surface area contributed by atoms with Gasteiger partial charge in [-0.15, -0.1) is 0 Å². The normalized spacial score (nSPS) is 35.6. The largest absolute Gasteiger partial charge is 0.417 e. The van der Waals surface area contributed by atoms with E-state index in [1.807, 2.05) is 0 Å². The summed E-state index contributed by atoms with van der Waals surface area (Å²) in [6.07, 6.45) is -1.94. The number of alkyl halides is 3. The van der Waals surface area contributed by atoms with Crippen molar-refractivity contribution >= 4 is 15.7 Å². The zero-order valence-electron chi connectivity index (χ0n) is 13.5. The van der Waals surface area contributed by atoms with Crippen LogP contribution in [0.4, 0.5) is 18.9 Å².